The minimum atomic E-state index is -0.240. The van der Waals surface area contributed by atoms with Crippen LogP contribution in [-0.2, 0) is 0 Å². The van der Waals surface area contributed by atoms with Crippen LogP contribution in [0.25, 0.3) is 0 Å². The third-order valence-electron chi connectivity index (χ3n) is 3.97. The molecular weight excluding hydrogens is 352 g/mol. The molecule has 0 radical (unpaired) electrons. The van der Waals surface area contributed by atoms with Crippen molar-refractivity contribution in [2.45, 2.75) is 33.2 Å². The first-order valence-electron chi connectivity index (χ1n) is 8.63. The zero-order valence-corrected chi connectivity index (χ0v) is 16.3. The molecule has 0 saturated heterocycles. The first-order valence-corrected chi connectivity index (χ1v) is 9.01. The molecule has 2 aromatic rings. The summed E-state index contributed by atoms with van der Waals surface area (Å²) in [5.74, 6) is 1.20. The molecule has 0 fully saturated rings. The number of rotatable bonds is 8. The van der Waals surface area contributed by atoms with Gasteiger partial charge in [0.05, 0.1) is 24.8 Å². The molecule has 6 heteroatoms. The molecule has 1 amide bonds. The molecule has 5 nitrogen and oxygen atoms in total. The van der Waals surface area contributed by atoms with Gasteiger partial charge in [-0.2, -0.15) is 0 Å². The minimum Gasteiger partial charge on any atom is -0.493 e. The molecule has 1 aromatic heterocycles. The van der Waals surface area contributed by atoms with Gasteiger partial charge in [-0.25, -0.2) is 0 Å². The highest BCUT2D eigenvalue weighted by atomic mass is 35.5. The third-order valence-corrected chi connectivity index (χ3v) is 4.25. The Hall–Kier alpha value is -2.27. The number of nitrogens with one attached hydrogen (secondary N) is 1. The van der Waals surface area contributed by atoms with Crippen LogP contribution in [-0.4, -0.2) is 24.6 Å². The number of ether oxygens (including phenoxy) is 2. The maximum Gasteiger partial charge on any atom is 0.251 e. The van der Waals surface area contributed by atoms with E-state index in [1.807, 2.05) is 19.1 Å². The average Bonchev–Trinajstić information content (AvgIpc) is 2.63. The summed E-state index contributed by atoms with van der Waals surface area (Å²) in [6.45, 7) is 6.69. The van der Waals surface area contributed by atoms with E-state index >= 15 is 0 Å². The monoisotopic (exact) mass is 376 g/mol. The molecular formula is C20H25ClN2O3. The normalized spacial score (nSPS) is 11.9. The van der Waals surface area contributed by atoms with Gasteiger partial charge in [-0.05, 0) is 43.0 Å². The van der Waals surface area contributed by atoms with E-state index in [1.165, 1.54) is 7.11 Å². The van der Waals surface area contributed by atoms with Crippen LogP contribution in [0.1, 0.15) is 49.2 Å². The van der Waals surface area contributed by atoms with Gasteiger partial charge in [-0.1, -0.05) is 31.5 Å². The maximum absolute atomic E-state index is 12.6. The van der Waals surface area contributed by atoms with E-state index in [4.69, 9.17) is 21.1 Å². The Morgan fingerprint density at radius 1 is 1.31 bits per heavy atom. The summed E-state index contributed by atoms with van der Waals surface area (Å²) in [4.78, 5) is 16.6. The van der Waals surface area contributed by atoms with Crippen LogP contribution in [0.15, 0.2) is 36.7 Å². The van der Waals surface area contributed by atoms with Crippen molar-refractivity contribution in [3.05, 3.63) is 52.8 Å². The fourth-order valence-electron chi connectivity index (χ4n) is 2.38. The fourth-order valence-corrected chi connectivity index (χ4v) is 2.65. The van der Waals surface area contributed by atoms with Gasteiger partial charge in [0.15, 0.2) is 11.5 Å². The Morgan fingerprint density at radius 3 is 2.69 bits per heavy atom. The molecule has 0 bridgehead atoms. The van der Waals surface area contributed by atoms with Gasteiger partial charge in [-0.15, -0.1) is 0 Å². The average molecular weight is 377 g/mol. The second kappa shape index (κ2) is 9.43. The Bertz CT molecular complexity index is 735. The molecule has 0 spiro atoms. The van der Waals surface area contributed by atoms with Gasteiger partial charge in [0.1, 0.15) is 0 Å². The summed E-state index contributed by atoms with van der Waals surface area (Å²) in [5.41, 5.74) is 1.34. The number of benzene rings is 1. The summed E-state index contributed by atoms with van der Waals surface area (Å²) in [6, 6.07) is 6.81. The molecule has 2 rings (SSSR count). The van der Waals surface area contributed by atoms with E-state index < -0.39 is 0 Å². The molecule has 1 heterocycles. The number of methoxy groups -OCH3 is 1. The molecule has 1 aromatic carbocycles. The lowest BCUT2D eigenvalue weighted by Gasteiger charge is -2.17. The van der Waals surface area contributed by atoms with Crippen LogP contribution in [0.5, 0.6) is 11.5 Å². The van der Waals surface area contributed by atoms with Gasteiger partial charge in [0.2, 0.25) is 0 Å². The van der Waals surface area contributed by atoms with E-state index in [9.17, 15) is 4.79 Å². The Morgan fingerprint density at radius 2 is 2.08 bits per heavy atom. The SMILES string of the molecule is COc1cc(C(=O)NC(C)c2cccnc2)cc(Cl)c1OCCC(C)C. The fraction of sp³-hybridized carbons (Fsp3) is 0.400. The maximum atomic E-state index is 12.6. The van der Waals surface area contributed by atoms with E-state index in [0.29, 0.717) is 34.6 Å². The van der Waals surface area contributed by atoms with E-state index in [0.717, 1.165) is 12.0 Å². The largest absolute Gasteiger partial charge is 0.493 e. The van der Waals surface area contributed by atoms with Crippen LogP contribution >= 0.6 is 11.6 Å². The van der Waals surface area contributed by atoms with Gasteiger partial charge >= 0.3 is 0 Å². The first-order chi connectivity index (χ1) is 12.4. The summed E-state index contributed by atoms with van der Waals surface area (Å²) >= 11 is 6.33. The second-order valence-electron chi connectivity index (χ2n) is 6.50. The molecule has 140 valence electrons. The number of aromatic nitrogens is 1. The number of amides is 1. The molecule has 0 aliphatic rings. The van der Waals surface area contributed by atoms with E-state index in [-0.39, 0.29) is 11.9 Å². The van der Waals surface area contributed by atoms with Crippen molar-refractivity contribution >= 4 is 17.5 Å². The third kappa shape index (κ3) is 5.36. The summed E-state index contributed by atoms with van der Waals surface area (Å²) in [6.07, 6.45) is 4.33. The van der Waals surface area contributed by atoms with Crippen molar-refractivity contribution in [3.63, 3.8) is 0 Å². The molecule has 0 aliphatic carbocycles. The highest BCUT2D eigenvalue weighted by Crippen LogP contribution is 2.36. The van der Waals surface area contributed by atoms with Crippen molar-refractivity contribution < 1.29 is 14.3 Å². The topological polar surface area (TPSA) is 60.5 Å². The van der Waals surface area contributed by atoms with Crippen molar-refractivity contribution in [2.75, 3.05) is 13.7 Å². The first kappa shape index (κ1) is 20.0. The van der Waals surface area contributed by atoms with Crippen molar-refractivity contribution in [1.82, 2.24) is 10.3 Å². The summed E-state index contributed by atoms with van der Waals surface area (Å²) in [7, 11) is 1.53. The zero-order chi connectivity index (χ0) is 19.1. The van der Waals surface area contributed by atoms with Crippen LogP contribution < -0.4 is 14.8 Å². The number of nitrogens with zero attached hydrogens (tertiary/aromatic N) is 1. The summed E-state index contributed by atoms with van der Waals surface area (Å²) < 4.78 is 11.1. The predicted molar refractivity (Wildman–Crippen MR) is 103 cm³/mol. The molecule has 0 aliphatic heterocycles. The zero-order valence-electron chi connectivity index (χ0n) is 15.6. The van der Waals surface area contributed by atoms with Crippen molar-refractivity contribution in [3.8, 4) is 11.5 Å². The van der Waals surface area contributed by atoms with Crippen LogP contribution in [0, 0.1) is 5.92 Å². The standard InChI is InChI=1S/C20H25ClN2O3/c1-13(2)7-9-26-19-17(21)10-16(11-18(19)25-4)20(24)23-14(3)15-6-5-8-22-12-15/h5-6,8,10-14H,7,9H2,1-4H3,(H,23,24). The minimum absolute atomic E-state index is 0.178. The van der Waals surface area contributed by atoms with Gasteiger partial charge in [-0.3, -0.25) is 9.78 Å². The smallest absolute Gasteiger partial charge is 0.251 e. The molecule has 0 saturated carbocycles. The number of pyridine rings is 1. The van der Waals surface area contributed by atoms with Gasteiger partial charge in [0, 0.05) is 18.0 Å². The number of carbonyl (C=O) groups is 1. The highest BCUT2D eigenvalue weighted by molar-refractivity contribution is 6.32. The highest BCUT2D eigenvalue weighted by Gasteiger charge is 2.18. The van der Waals surface area contributed by atoms with E-state index in [2.05, 4.69) is 24.1 Å². The quantitative estimate of drug-likeness (QED) is 0.727. The van der Waals surface area contributed by atoms with E-state index in [1.54, 1.807) is 24.5 Å². The van der Waals surface area contributed by atoms with Crippen molar-refractivity contribution in [2.24, 2.45) is 5.92 Å². The number of carbonyl (C=O) groups excluding carboxylic acids is 1. The lowest BCUT2D eigenvalue weighted by atomic mass is 10.1. The number of hydrogen-bond acceptors (Lipinski definition) is 4. The Kier molecular flexibility index (Phi) is 7.27. The van der Waals surface area contributed by atoms with Crippen LogP contribution in [0.4, 0.5) is 0 Å². The summed E-state index contributed by atoms with van der Waals surface area (Å²) in [5, 5.41) is 3.29. The predicted octanol–water partition coefficient (Wildman–Crippen LogP) is 4.66. The Labute approximate surface area is 159 Å². The molecule has 1 atom stereocenters. The lowest BCUT2D eigenvalue weighted by molar-refractivity contribution is 0.0939. The molecule has 1 unspecified atom stereocenters. The second-order valence-corrected chi connectivity index (χ2v) is 6.91. The van der Waals surface area contributed by atoms with Gasteiger partial charge < -0.3 is 14.8 Å². The van der Waals surface area contributed by atoms with Gasteiger partial charge in [0.25, 0.3) is 5.91 Å². The molecule has 26 heavy (non-hydrogen) atoms. The number of hydrogen-bond donors (Lipinski definition) is 1. The number of halogens is 1. The van der Waals surface area contributed by atoms with Crippen LogP contribution in [0.3, 0.4) is 0 Å². The van der Waals surface area contributed by atoms with Crippen molar-refractivity contribution in [1.29, 1.82) is 0 Å². The van der Waals surface area contributed by atoms with Crippen LogP contribution in [0.2, 0.25) is 5.02 Å². The molecule has 1 N–H and O–H groups in total. The lowest BCUT2D eigenvalue weighted by Crippen LogP contribution is -2.26. The Balaban J connectivity index is 2.14.